The molecule has 0 bridgehead atoms. The van der Waals surface area contributed by atoms with Crippen LogP contribution in [-0.2, 0) is 19.1 Å². The number of carbonyl (C=O) groups is 1. The second-order valence-corrected chi connectivity index (χ2v) is 7.44. The zero-order valence-electron chi connectivity index (χ0n) is 14.6. The van der Waals surface area contributed by atoms with Crippen molar-refractivity contribution < 1.29 is 22.1 Å². The van der Waals surface area contributed by atoms with Crippen molar-refractivity contribution in [2.75, 3.05) is 0 Å². The molecular formula is C19H20O5S. The highest BCUT2D eigenvalue weighted by Crippen LogP contribution is 2.26. The molecule has 0 atom stereocenters. The van der Waals surface area contributed by atoms with E-state index in [1.807, 2.05) is 26.0 Å². The maximum atomic E-state index is 12.2. The van der Waals surface area contributed by atoms with Gasteiger partial charge < -0.3 is 8.92 Å². The summed E-state index contributed by atoms with van der Waals surface area (Å²) in [4.78, 5) is 12.1. The monoisotopic (exact) mass is 360 g/mol. The molecule has 0 amide bonds. The third-order valence-corrected chi connectivity index (χ3v) is 4.82. The lowest BCUT2D eigenvalue weighted by Gasteiger charge is -2.13. The van der Waals surface area contributed by atoms with E-state index in [1.54, 1.807) is 26.0 Å². The molecule has 0 aliphatic heterocycles. The molecule has 0 radical (unpaired) electrons. The average Bonchev–Trinajstić information content (AvgIpc) is 2.50. The van der Waals surface area contributed by atoms with Crippen LogP contribution < -0.4 is 4.74 Å². The molecule has 0 saturated heterocycles. The summed E-state index contributed by atoms with van der Waals surface area (Å²) < 4.78 is 34.5. The molecule has 2 aromatic rings. The van der Waals surface area contributed by atoms with Crippen LogP contribution in [-0.4, -0.2) is 14.4 Å². The zero-order valence-corrected chi connectivity index (χ0v) is 15.4. The van der Waals surface area contributed by atoms with Gasteiger partial charge in [-0.05, 0) is 57.5 Å². The molecule has 6 heteroatoms. The SMILES string of the molecule is C=C(OS(=O)(=O)c1ccc(C)cc1)C(=O)Oc1c(C)cc(C)cc1C. The third kappa shape index (κ3) is 4.48. The summed E-state index contributed by atoms with van der Waals surface area (Å²) in [5, 5.41) is 0. The Morgan fingerprint density at radius 3 is 1.96 bits per heavy atom. The Balaban J connectivity index is 2.16. The van der Waals surface area contributed by atoms with Gasteiger partial charge in [-0.2, -0.15) is 8.42 Å². The molecule has 25 heavy (non-hydrogen) atoms. The van der Waals surface area contributed by atoms with E-state index in [1.165, 1.54) is 12.1 Å². The Hall–Kier alpha value is -2.60. The first-order valence-corrected chi connectivity index (χ1v) is 9.01. The minimum Gasteiger partial charge on any atom is -0.420 e. The lowest BCUT2D eigenvalue weighted by atomic mass is 10.1. The van der Waals surface area contributed by atoms with E-state index in [4.69, 9.17) is 8.92 Å². The highest BCUT2D eigenvalue weighted by molar-refractivity contribution is 7.86. The highest BCUT2D eigenvalue weighted by Gasteiger charge is 2.23. The second-order valence-electron chi connectivity index (χ2n) is 5.89. The fourth-order valence-corrected chi connectivity index (χ4v) is 3.30. The van der Waals surface area contributed by atoms with E-state index < -0.39 is 21.8 Å². The third-order valence-electron chi connectivity index (χ3n) is 3.55. The number of hydrogen-bond acceptors (Lipinski definition) is 5. The van der Waals surface area contributed by atoms with Gasteiger partial charge in [0.2, 0.25) is 5.76 Å². The van der Waals surface area contributed by atoms with Gasteiger partial charge in [0.05, 0.1) is 0 Å². The number of ether oxygens (including phenoxy) is 1. The molecule has 5 nitrogen and oxygen atoms in total. The van der Waals surface area contributed by atoms with Gasteiger partial charge in [-0.15, -0.1) is 0 Å². The smallest absolute Gasteiger partial charge is 0.380 e. The number of hydrogen-bond donors (Lipinski definition) is 0. The van der Waals surface area contributed by atoms with Gasteiger partial charge in [0, 0.05) is 0 Å². The molecule has 0 aliphatic carbocycles. The number of esters is 1. The van der Waals surface area contributed by atoms with Gasteiger partial charge >= 0.3 is 16.1 Å². The quantitative estimate of drug-likeness (QED) is 0.267. The molecule has 0 fully saturated rings. The first kappa shape index (κ1) is 18.7. The summed E-state index contributed by atoms with van der Waals surface area (Å²) in [5.74, 6) is -1.18. The van der Waals surface area contributed by atoms with Gasteiger partial charge in [0.15, 0.2) is 0 Å². The average molecular weight is 360 g/mol. The van der Waals surface area contributed by atoms with E-state index in [2.05, 4.69) is 6.58 Å². The molecule has 0 aromatic heterocycles. The molecule has 2 rings (SSSR count). The van der Waals surface area contributed by atoms with Gasteiger partial charge in [0.25, 0.3) is 0 Å². The Bertz CT molecular complexity index is 902. The molecule has 0 saturated carbocycles. The van der Waals surface area contributed by atoms with E-state index in [0.29, 0.717) is 5.75 Å². The number of benzene rings is 2. The van der Waals surface area contributed by atoms with Gasteiger partial charge in [0.1, 0.15) is 10.6 Å². The normalized spacial score (nSPS) is 11.0. The van der Waals surface area contributed by atoms with Crippen molar-refractivity contribution in [3.8, 4) is 5.75 Å². The molecule has 0 aliphatic rings. The van der Waals surface area contributed by atoms with Crippen LogP contribution in [0.5, 0.6) is 5.75 Å². The Morgan fingerprint density at radius 1 is 0.920 bits per heavy atom. The van der Waals surface area contributed by atoms with E-state index in [9.17, 15) is 13.2 Å². The topological polar surface area (TPSA) is 69.7 Å². The fourth-order valence-electron chi connectivity index (χ4n) is 2.40. The first-order valence-electron chi connectivity index (χ1n) is 7.60. The minimum atomic E-state index is -4.14. The summed E-state index contributed by atoms with van der Waals surface area (Å²) in [6.45, 7) is 10.7. The largest absolute Gasteiger partial charge is 0.420 e. The molecule has 0 unspecified atom stereocenters. The predicted octanol–water partition coefficient (Wildman–Crippen LogP) is 3.74. The molecule has 0 N–H and O–H groups in total. The van der Waals surface area contributed by atoms with Crippen molar-refractivity contribution >= 4 is 16.1 Å². The summed E-state index contributed by atoms with van der Waals surface area (Å²) in [6.07, 6.45) is 0. The van der Waals surface area contributed by atoms with Crippen LogP contribution in [0.4, 0.5) is 0 Å². The van der Waals surface area contributed by atoms with E-state index >= 15 is 0 Å². The summed E-state index contributed by atoms with van der Waals surface area (Å²) >= 11 is 0. The van der Waals surface area contributed by atoms with Crippen LogP contribution in [0.3, 0.4) is 0 Å². The number of rotatable bonds is 5. The number of carbonyl (C=O) groups excluding carboxylic acids is 1. The van der Waals surface area contributed by atoms with Crippen LogP contribution in [0.2, 0.25) is 0 Å². The Kier molecular flexibility index (Phi) is 5.33. The number of aryl methyl sites for hydroxylation is 4. The lowest BCUT2D eigenvalue weighted by Crippen LogP contribution is -2.17. The van der Waals surface area contributed by atoms with Crippen LogP contribution >= 0.6 is 0 Å². The van der Waals surface area contributed by atoms with Crippen LogP contribution in [0, 0.1) is 27.7 Å². The van der Waals surface area contributed by atoms with E-state index in [0.717, 1.165) is 22.3 Å². The van der Waals surface area contributed by atoms with Crippen molar-refractivity contribution in [2.24, 2.45) is 0 Å². The van der Waals surface area contributed by atoms with Crippen molar-refractivity contribution in [1.29, 1.82) is 0 Å². The molecule has 0 heterocycles. The van der Waals surface area contributed by atoms with Gasteiger partial charge in [-0.3, -0.25) is 0 Å². The molecule has 0 spiro atoms. The van der Waals surface area contributed by atoms with Crippen LogP contribution in [0.25, 0.3) is 0 Å². The van der Waals surface area contributed by atoms with Gasteiger partial charge in [-0.25, -0.2) is 4.79 Å². The van der Waals surface area contributed by atoms with Crippen LogP contribution in [0.1, 0.15) is 22.3 Å². The first-order chi connectivity index (χ1) is 11.6. The standard InChI is InChI=1S/C19H20O5S/c1-12-6-8-17(9-7-12)25(21,22)24-16(5)19(20)23-18-14(3)10-13(2)11-15(18)4/h6-11H,5H2,1-4H3. The van der Waals surface area contributed by atoms with Crippen molar-refractivity contribution in [3.63, 3.8) is 0 Å². The zero-order chi connectivity index (χ0) is 18.8. The van der Waals surface area contributed by atoms with Crippen molar-refractivity contribution in [1.82, 2.24) is 0 Å². The second kappa shape index (κ2) is 7.11. The van der Waals surface area contributed by atoms with Gasteiger partial charge in [-0.1, -0.05) is 35.4 Å². The predicted molar refractivity (Wildman–Crippen MR) is 94.9 cm³/mol. The minimum absolute atomic E-state index is 0.0604. The summed E-state index contributed by atoms with van der Waals surface area (Å²) in [7, 11) is -4.14. The van der Waals surface area contributed by atoms with Crippen molar-refractivity contribution in [3.05, 3.63) is 71.0 Å². The maximum absolute atomic E-state index is 12.2. The lowest BCUT2D eigenvalue weighted by molar-refractivity contribution is -0.132. The fraction of sp³-hybridized carbons (Fsp3) is 0.211. The Morgan fingerprint density at radius 2 is 1.44 bits per heavy atom. The summed E-state index contributed by atoms with van der Waals surface area (Å²) in [6, 6.07) is 9.80. The van der Waals surface area contributed by atoms with Crippen LogP contribution in [0.15, 0.2) is 53.6 Å². The summed E-state index contributed by atoms with van der Waals surface area (Å²) in [5.41, 5.74) is 3.47. The Labute approximate surface area is 148 Å². The molecule has 2 aromatic carbocycles. The molecule has 132 valence electrons. The van der Waals surface area contributed by atoms with E-state index in [-0.39, 0.29) is 4.90 Å². The highest BCUT2D eigenvalue weighted by atomic mass is 32.2. The van der Waals surface area contributed by atoms with Crippen molar-refractivity contribution in [2.45, 2.75) is 32.6 Å². The maximum Gasteiger partial charge on any atom is 0.380 e. The molecular weight excluding hydrogens is 340 g/mol.